The standard InChI is InChI=1S/C20H23N3O4/c24-16-12-10-15(11-13-16)14-21-23-20(27)9-3-1-2-8-19(26)22-17-6-4-5-7-18(17)25/h4-7,10-14,24-25H,1-3,8-9H2,(H,22,26)(H,23,27)/b21-14+. The third-order valence-corrected chi connectivity index (χ3v) is 3.78. The molecule has 2 rings (SSSR count). The summed E-state index contributed by atoms with van der Waals surface area (Å²) in [6.07, 6.45) is 4.21. The lowest BCUT2D eigenvalue weighted by Gasteiger charge is -2.06. The lowest BCUT2D eigenvalue weighted by atomic mass is 10.1. The molecule has 27 heavy (non-hydrogen) atoms. The molecule has 0 heterocycles. The molecule has 2 amide bonds. The number of carbonyl (C=O) groups excluding carboxylic acids is 2. The zero-order valence-corrected chi connectivity index (χ0v) is 14.9. The van der Waals surface area contributed by atoms with E-state index in [-0.39, 0.29) is 23.3 Å². The predicted molar refractivity (Wildman–Crippen MR) is 104 cm³/mol. The summed E-state index contributed by atoms with van der Waals surface area (Å²) in [5.41, 5.74) is 3.61. The van der Waals surface area contributed by atoms with Crippen molar-refractivity contribution in [3.63, 3.8) is 0 Å². The van der Waals surface area contributed by atoms with E-state index in [2.05, 4.69) is 15.8 Å². The normalized spacial score (nSPS) is 10.7. The van der Waals surface area contributed by atoms with Gasteiger partial charge < -0.3 is 15.5 Å². The molecule has 4 N–H and O–H groups in total. The van der Waals surface area contributed by atoms with E-state index >= 15 is 0 Å². The summed E-state index contributed by atoms with van der Waals surface area (Å²) in [7, 11) is 0. The van der Waals surface area contributed by atoms with Crippen molar-refractivity contribution in [1.29, 1.82) is 0 Å². The predicted octanol–water partition coefficient (Wildman–Crippen LogP) is 3.14. The number of para-hydroxylation sites is 2. The number of hydrogen-bond donors (Lipinski definition) is 4. The number of aromatic hydroxyl groups is 2. The summed E-state index contributed by atoms with van der Waals surface area (Å²) < 4.78 is 0. The molecule has 2 aromatic rings. The molecular formula is C20H23N3O4. The lowest BCUT2D eigenvalue weighted by Crippen LogP contribution is -2.17. The molecule has 0 aliphatic rings. The second-order valence-corrected chi connectivity index (χ2v) is 6.01. The molecule has 142 valence electrons. The van der Waals surface area contributed by atoms with Crippen molar-refractivity contribution >= 4 is 23.7 Å². The molecule has 0 radical (unpaired) electrons. The van der Waals surface area contributed by atoms with Crippen LogP contribution < -0.4 is 10.7 Å². The third-order valence-electron chi connectivity index (χ3n) is 3.78. The van der Waals surface area contributed by atoms with Gasteiger partial charge in [0.1, 0.15) is 11.5 Å². The van der Waals surface area contributed by atoms with Crippen LogP contribution in [0.15, 0.2) is 53.6 Å². The van der Waals surface area contributed by atoms with Crippen LogP contribution in [0.5, 0.6) is 11.5 Å². The summed E-state index contributed by atoms with van der Waals surface area (Å²) in [6, 6.07) is 13.0. The van der Waals surface area contributed by atoms with Gasteiger partial charge in [0.15, 0.2) is 0 Å². The van der Waals surface area contributed by atoms with Gasteiger partial charge in [0, 0.05) is 12.8 Å². The molecule has 0 spiro atoms. The van der Waals surface area contributed by atoms with E-state index in [1.807, 2.05) is 0 Å². The second-order valence-electron chi connectivity index (χ2n) is 6.01. The highest BCUT2D eigenvalue weighted by molar-refractivity contribution is 5.92. The molecule has 0 fully saturated rings. The number of carbonyl (C=O) groups is 2. The Morgan fingerprint density at radius 1 is 0.889 bits per heavy atom. The fourth-order valence-electron chi connectivity index (χ4n) is 2.34. The Hall–Kier alpha value is -3.35. The zero-order valence-electron chi connectivity index (χ0n) is 14.9. The Labute approximate surface area is 157 Å². The Kier molecular flexibility index (Phi) is 7.84. The number of anilines is 1. The Bertz CT molecular complexity index is 788. The average Bonchev–Trinajstić information content (AvgIpc) is 2.65. The van der Waals surface area contributed by atoms with Gasteiger partial charge in [0.2, 0.25) is 11.8 Å². The molecule has 0 saturated heterocycles. The first-order chi connectivity index (χ1) is 13.0. The van der Waals surface area contributed by atoms with Crippen LogP contribution in [0.4, 0.5) is 5.69 Å². The molecule has 2 aromatic carbocycles. The fraction of sp³-hybridized carbons (Fsp3) is 0.250. The summed E-state index contributed by atoms with van der Waals surface area (Å²) >= 11 is 0. The van der Waals surface area contributed by atoms with Crippen LogP contribution in [-0.2, 0) is 9.59 Å². The van der Waals surface area contributed by atoms with Gasteiger partial charge in [-0.05, 0) is 54.8 Å². The molecule has 0 unspecified atom stereocenters. The number of hydrazone groups is 1. The minimum Gasteiger partial charge on any atom is -0.508 e. The van der Waals surface area contributed by atoms with E-state index in [0.717, 1.165) is 12.0 Å². The van der Waals surface area contributed by atoms with Crippen molar-refractivity contribution in [3.8, 4) is 11.5 Å². The fourth-order valence-corrected chi connectivity index (χ4v) is 2.34. The van der Waals surface area contributed by atoms with Crippen molar-refractivity contribution in [3.05, 3.63) is 54.1 Å². The largest absolute Gasteiger partial charge is 0.508 e. The van der Waals surface area contributed by atoms with Crippen LogP contribution in [-0.4, -0.2) is 28.2 Å². The van der Waals surface area contributed by atoms with Crippen molar-refractivity contribution < 1.29 is 19.8 Å². The van der Waals surface area contributed by atoms with Crippen LogP contribution in [0.3, 0.4) is 0 Å². The molecule has 7 heteroatoms. The van der Waals surface area contributed by atoms with Crippen LogP contribution >= 0.6 is 0 Å². The van der Waals surface area contributed by atoms with Crippen LogP contribution in [0.2, 0.25) is 0 Å². The Balaban J connectivity index is 1.57. The van der Waals surface area contributed by atoms with Crippen LogP contribution in [0.1, 0.15) is 37.7 Å². The van der Waals surface area contributed by atoms with Crippen LogP contribution in [0, 0.1) is 0 Å². The number of nitrogens with one attached hydrogen (secondary N) is 2. The van der Waals surface area contributed by atoms with Gasteiger partial charge in [-0.3, -0.25) is 9.59 Å². The maximum atomic E-state index is 11.8. The quantitative estimate of drug-likeness (QED) is 0.235. The summed E-state index contributed by atoms with van der Waals surface area (Å²) in [5, 5.41) is 25.3. The topological polar surface area (TPSA) is 111 Å². The maximum absolute atomic E-state index is 11.8. The number of phenolic OH excluding ortho intramolecular Hbond substituents is 2. The van der Waals surface area contributed by atoms with Gasteiger partial charge in [-0.15, -0.1) is 0 Å². The third kappa shape index (κ3) is 7.60. The van der Waals surface area contributed by atoms with Gasteiger partial charge in [-0.2, -0.15) is 5.10 Å². The highest BCUT2D eigenvalue weighted by atomic mass is 16.3. The Morgan fingerprint density at radius 2 is 1.56 bits per heavy atom. The molecule has 0 bridgehead atoms. The van der Waals surface area contributed by atoms with E-state index in [4.69, 9.17) is 0 Å². The number of hydrogen-bond acceptors (Lipinski definition) is 5. The second kappa shape index (κ2) is 10.6. The number of benzene rings is 2. The maximum Gasteiger partial charge on any atom is 0.240 e. The highest BCUT2D eigenvalue weighted by Crippen LogP contribution is 2.21. The smallest absolute Gasteiger partial charge is 0.240 e. The minimum absolute atomic E-state index is 0.0374. The Morgan fingerprint density at radius 3 is 2.26 bits per heavy atom. The van der Waals surface area contributed by atoms with Crippen LogP contribution in [0.25, 0.3) is 0 Å². The zero-order chi connectivity index (χ0) is 19.5. The van der Waals surface area contributed by atoms with Gasteiger partial charge in [0.05, 0.1) is 11.9 Å². The number of nitrogens with zero attached hydrogens (tertiary/aromatic N) is 1. The highest BCUT2D eigenvalue weighted by Gasteiger charge is 2.06. The molecule has 0 aromatic heterocycles. The van der Waals surface area contributed by atoms with E-state index in [1.54, 1.807) is 42.5 Å². The van der Waals surface area contributed by atoms with Crippen molar-refractivity contribution in [1.82, 2.24) is 5.43 Å². The van der Waals surface area contributed by atoms with E-state index in [0.29, 0.717) is 31.4 Å². The van der Waals surface area contributed by atoms with Crippen molar-refractivity contribution in [2.45, 2.75) is 32.1 Å². The molecule has 7 nitrogen and oxygen atoms in total. The number of amides is 2. The molecular weight excluding hydrogens is 346 g/mol. The summed E-state index contributed by atoms with van der Waals surface area (Å²) in [5.74, 6) is -0.149. The minimum atomic E-state index is -0.191. The van der Waals surface area contributed by atoms with Crippen molar-refractivity contribution in [2.75, 3.05) is 5.32 Å². The molecule has 0 aliphatic heterocycles. The first-order valence-electron chi connectivity index (χ1n) is 8.73. The van der Waals surface area contributed by atoms with Gasteiger partial charge >= 0.3 is 0 Å². The van der Waals surface area contributed by atoms with Gasteiger partial charge in [-0.25, -0.2) is 5.43 Å². The monoisotopic (exact) mass is 369 g/mol. The SMILES string of the molecule is O=C(CCCCCC(=O)Nc1ccccc1O)N/N=C/c1ccc(O)cc1. The van der Waals surface area contributed by atoms with E-state index in [1.165, 1.54) is 12.3 Å². The number of rotatable bonds is 9. The first-order valence-corrected chi connectivity index (χ1v) is 8.73. The first kappa shape index (κ1) is 20.0. The van der Waals surface area contributed by atoms with E-state index < -0.39 is 0 Å². The van der Waals surface area contributed by atoms with Gasteiger partial charge in [0.25, 0.3) is 0 Å². The molecule has 0 atom stereocenters. The lowest BCUT2D eigenvalue weighted by molar-refractivity contribution is -0.121. The molecule has 0 saturated carbocycles. The number of unbranched alkanes of at least 4 members (excludes halogenated alkanes) is 2. The summed E-state index contributed by atoms with van der Waals surface area (Å²) in [6.45, 7) is 0. The molecule has 0 aliphatic carbocycles. The average molecular weight is 369 g/mol. The number of phenols is 2. The summed E-state index contributed by atoms with van der Waals surface area (Å²) in [4.78, 5) is 23.5. The van der Waals surface area contributed by atoms with E-state index in [9.17, 15) is 19.8 Å². The van der Waals surface area contributed by atoms with Gasteiger partial charge in [-0.1, -0.05) is 18.6 Å². The van der Waals surface area contributed by atoms with Crippen molar-refractivity contribution in [2.24, 2.45) is 5.10 Å².